The Morgan fingerprint density at radius 3 is 2.47 bits per heavy atom. The van der Waals surface area contributed by atoms with Crippen molar-refractivity contribution < 1.29 is 4.74 Å². The maximum atomic E-state index is 6.46. The molecule has 5 rings (SSSR count). The number of pyridine rings is 1. The van der Waals surface area contributed by atoms with Crippen LogP contribution in [0.5, 0.6) is 5.75 Å². The van der Waals surface area contributed by atoms with Crippen LogP contribution in [-0.2, 0) is 0 Å². The second-order valence-electron chi connectivity index (χ2n) is 9.58. The van der Waals surface area contributed by atoms with Crippen molar-refractivity contribution in [3.8, 4) is 5.75 Å². The minimum atomic E-state index is 0.142. The summed E-state index contributed by atoms with van der Waals surface area (Å²) in [6.45, 7) is 7.33. The highest BCUT2D eigenvalue weighted by Gasteiger charge is 2.34. The highest BCUT2D eigenvalue weighted by atomic mass is 79.9. The van der Waals surface area contributed by atoms with E-state index >= 15 is 0 Å². The molecule has 170 valence electrons. The van der Waals surface area contributed by atoms with E-state index in [1.807, 2.05) is 22.6 Å². The summed E-state index contributed by atoms with van der Waals surface area (Å²) in [6, 6.07) is 8.15. The molecule has 3 heterocycles. The van der Waals surface area contributed by atoms with Gasteiger partial charge in [-0.05, 0) is 91.3 Å². The van der Waals surface area contributed by atoms with Crippen molar-refractivity contribution >= 4 is 44.8 Å². The van der Waals surface area contributed by atoms with E-state index in [0.717, 1.165) is 42.1 Å². The largest absolute Gasteiger partial charge is 0.493 e. The van der Waals surface area contributed by atoms with Crippen molar-refractivity contribution in [1.29, 1.82) is 0 Å². The molecular weight excluding hydrogens is 511 g/mol. The summed E-state index contributed by atoms with van der Waals surface area (Å²) in [4.78, 5) is 2.51. The minimum absolute atomic E-state index is 0.142. The molecule has 0 amide bonds. The number of nitrogens with zero attached hydrogens (tertiary/aromatic N) is 4. The van der Waals surface area contributed by atoms with Crippen LogP contribution in [0.15, 0.2) is 35.2 Å². The van der Waals surface area contributed by atoms with Crippen LogP contribution in [-0.4, -0.2) is 39.2 Å². The van der Waals surface area contributed by atoms with Gasteiger partial charge in [0, 0.05) is 39.3 Å². The monoisotopic (exact) mass is 536 g/mol. The first-order chi connectivity index (χ1) is 15.3. The Bertz CT molecular complexity index is 1120. The second kappa shape index (κ2) is 8.79. The third-order valence-electron chi connectivity index (χ3n) is 7.01. The molecule has 0 spiro atoms. The van der Waals surface area contributed by atoms with Crippen LogP contribution in [0.25, 0.3) is 5.65 Å². The molecule has 5 nitrogen and oxygen atoms in total. The zero-order chi connectivity index (χ0) is 22.5. The predicted molar refractivity (Wildman–Crippen MR) is 132 cm³/mol. The van der Waals surface area contributed by atoms with Crippen LogP contribution in [0.4, 0.5) is 0 Å². The van der Waals surface area contributed by atoms with Crippen molar-refractivity contribution in [3.05, 3.63) is 56.4 Å². The quantitative estimate of drug-likeness (QED) is 0.342. The maximum absolute atomic E-state index is 6.46. The summed E-state index contributed by atoms with van der Waals surface area (Å²) >= 11 is 15.9. The summed E-state index contributed by atoms with van der Waals surface area (Å²) < 4.78 is 9.18. The number of ether oxygens (including phenoxy) is 1. The highest BCUT2D eigenvalue weighted by molar-refractivity contribution is 9.10. The van der Waals surface area contributed by atoms with Crippen LogP contribution < -0.4 is 4.74 Å². The van der Waals surface area contributed by atoms with E-state index in [1.54, 1.807) is 6.07 Å². The fourth-order valence-corrected chi connectivity index (χ4v) is 5.51. The van der Waals surface area contributed by atoms with Gasteiger partial charge in [0.2, 0.25) is 4.73 Å². The SMILES string of the molecule is C[C@H](c1cc(Cl)cc(Cl)c1)N1CCC(C)(COc2cc3nnc(Br)n3cc2C2CC2)CC1. The molecule has 8 heteroatoms. The van der Waals surface area contributed by atoms with E-state index in [-0.39, 0.29) is 11.5 Å². The standard InChI is InChI=1S/C24H27BrCl2N4O/c1-15(17-9-18(26)11-19(27)10-17)30-7-5-24(2,6-8-30)14-32-21-12-22-28-29-23(25)31(22)13-20(21)16-3-4-16/h9-13,15-16H,3-8,14H2,1-2H3/t15-/m1/s1. The number of hydrogen-bond acceptors (Lipinski definition) is 4. The van der Waals surface area contributed by atoms with Gasteiger partial charge in [-0.3, -0.25) is 9.30 Å². The average Bonchev–Trinajstić information content (AvgIpc) is 3.55. The average molecular weight is 538 g/mol. The first kappa shape index (κ1) is 22.5. The van der Waals surface area contributed by atoms with Crippen molar-refractivity contribution in [2.75, 3.05) is 19.7 Å². The number of likely N-dealkylation sites (tertiary alicyclic amines) is 1. The first-order valence-corrected chi connectivity index (χ1v) is 12.7. The second-order valence-corrected chi connectivity index (χ2v) is 11.2. The zero-order valence-corrected chi connectivity index (χ0v) is 21.4. The maximum Gasteiger partial charge on any atom is 0.204 e. The number of fused-ring (bicyclic) bond motifs is 1. The van der Waals surface area contributed by atoms with Gasteiger partial charge in [-0.1, -0.05) is 30.1 Å². The van der Waals surface area contributed by atoms with Gasteiger partial charge < -0.3 is 4.74 Å². The van der Waals surface area contributed by atoms with Crippen molar-refractivity contribution in [3.63, 3.8) is 0 Å². The Balaban J connectivity index is 1.25. The molecule has 1 aliphatic heterocycles. The van der Waals surface area contributed by atoms with E-state index in [4.69, 9.17) is 27.9 Å². The lowest BCUT2D eigenvalue weighted by molar-refractivity contribution is 0.0511. The van der Waals surface area contributed by atoms with E-state index in [9.17, 15) is 0 Å². The third-order valence-corrected chi connectivity index (χ3v) is 7.98. The molecule has 0 N–H and O–H groups in total. The smallest absolute Gasteiger partial charge is 0.204 e. The van der Waals surface area contributed by atoms with Gasteiger partial charge >= 0.3 is 0 Å². The van der Waals surface area contributed by atoms with Crippen molar-refractivity contribution in [1.82, 2.24) is 19.5 Å². The fraction of sp³-hybridized carbons (Fsp3) is 0.500. The molecule has 3 aromatic rings. The van der Waals surface area contributed by atoms with E-state index in [1.165, 1.54) is 24.0 Å². The molecule has 1 aliphatic carbocycles. The molecule has 2 fully saturated rings. The molecule has 2 aromatic heterocycles. The number of piperidine rings is 1. The number of halogens is 3. The number of rotatable bonds is 6. The van der Waals surface area contributed by atoms with Gasteiger partial charge in [-0.2, -0.15) is 0 Å². The van der Waals surface area contributed by atoms with E-state index in [2.05, 4.69) is 51.1 Å². The normalized spacial score (nSPS) is 19.9. The van der Waals surface area contributed by atoms with E-state index in [0.29, 0.717) is 22.6 Å². The van der Waals surface area contributed by atoms with Gasteiger partial charge in [0.1, 0.15) is 5.75 Å². The van der Waals surface area contributed by atoms with Crippen LogP contribution in [0.1, 0.15) is 62.6 Å². The molecular formula is C24H27BrCl2N4O. The Labute approximate surface area is 207 Å². The Hall–Kier alpha value is -1.34. The third kappa shape index (κ3) is 4.65. The summed E-state index contributed by atoms with van der Waals surface area (Å²) in [6.07, 6.45) is 6.75. The van der Waals surface area contributed by atoms with Gasteiger partial charge in [-0.15, -0.1) is 10.2 Å². The first-order valence-electron chi connectivity index (χ1n) is 11.2. The molecule has 1 atom stereocenters. The van der Waals surface area contributed by atoms with Crippen molar-refractivity contribution in [2.45, 2.75) is 51.5 Å². The highest BCUT2D eigenvalue weighted by Crippen LogP contribution is 2.45. The molecule has 1 saturated carbocycles. The molecule has 0 unspecified atom stereocenters. The van der Waals surface area contributed by atoms with E-state index < -0.39 is 0 Å². The Morgan fingerprint density at radius 2 is 1.81 bits per heavy atom. The number of aromatic nitrogens is 3. The van der Waals surface area contributed by atoms with Gasteiger partial charge in [0.15, 0.2) is 5.65 Å². The van der Waals surface area contributed by atoms with Crippen molar-refractivity contribution in [2.24, 2.45) is 5.41 Å². The summed E-state index contributed by atoms with van der Waals surface area (Å²) in [5.74, 6) is 1.55. The molecule has 0 bridgehead atoms. The number of benzene rings is 1. The van der Waals surface area contributed by atoms with Gasteiger partial charge in [-0.25, -0.2) is 0 Å². The Kier molecular flexibility index (Phi) is 6.16. The molecule has 2 aliphatic rings. The predicted octanol–water partition coefficient (Wildman–Crippen LogP) is 6.92. The van der Waals surface area contributed by atoms with Crippen LogP contribution in [0, 0.1) is 5.41 Å². The Morgan fingerprint density at radius 1 is 1.12 bits per heavy atom. The lowest BCUT2D eigenvalue weighted by Crippen LogP contribution is -2.42. The van der Waals surface area contributed by atoms with Gasteiger partial charge in [0.25, 0.3) is 0 Å². The summed E-state index contributed by atoms with van der Waals surface area (Å²) in [5, 5.41) is 9.76. The molecule has 1 aromatic carbocycles. The van der Waals surface area contributed by atoms with Gasteiger partial charge in [0.05, 0.1) is 6.61 Å². The minimum Gasteiger partial charge on any atom is -0.493 e. The van der Waals surface area contributed by atoms with Crippen LogP contribution in [0.2, 0.25) is 10.0 Å². The van der Waals surface area contributed by atoms with Crippen LogP contribution in [0.3, 0.4) is 0 Å². The fourth-order valence-electron chi connectivity index (χ4n) is 4.61. The topological polar surface area (TPSA) is 42.7 Å². The number of hydrogen-bond donors (Lipinski definition) is 0. The van der Waals surface area contributed by atoms with Crippen LogP contribution >= 0.6 is 39.1 Å². The summed E-state index contributed by atoms with van der Waals surface area (Å²) in [7, 11) is 0. The zero-order valence-electron chi connectivity index (χ0n) is 18.3. The molecule has 0 radical (unpaired) electrons. The lowest BCUT2D eigenvalue weighted by atomic mass is 9.80. The summed E-state index contributed by atoms with van der Waals surface area (Å²) in [5.41, 5.74) is 3.39. The molecule has 1 saturated heterocycles. The lowest BCUT2D eigenvalue weighted by Gasteiger charge is -2.41. The molecule has 32 heavy (non-hydrogen) atoms.